The van der Waals surface area contributed by atoms with E-state index in [1.165, 1.54) is 25.4 Å². The molecule has 0 aliphatic carbocycles. The number of nitrogens with one attached hydrogen (secondary N) is 2. The van der Waals surface area contributed by atoms with E-state index in [2.05, 4.69) is 15.7 Å². The number of halogens is 1. The van der Waals surface area contributed by atoms with Crippen LogP contribution in [0.2, 0.25) is 0 Å². The molecule has 2 amide bonds. The normalized spacial score (nSPS) is 16.3. The van der Waals surface area contributed by atoms with Gasteiger partial charge >= 0.3 is 0 Å². The molecule has 0 radical (unpaired) electrons. The van der Waals surface area contributed by atoms with Crippen molar-refractivity contribution < 1.29 is 23.8 Å². The maximum Gasteiger partial charge on any atom is 0.253 e. The summed E-state index contributed by atoms with van der Waals surface area (Å²) < 4.78 is 20.6. The van der Waals surface area contributed by atoms with Crippen molar-refractivity contribution in [1.82, 2.24) is 15.1 Å². The molecule has 0 spiro atoms. The van der Waals surface area contributed by atoms with Gasteiger partial charge in [-0.3, -0.25) is 14.3 Å². The number of hydrogen-bond acceptors (Lipinski definition) is 5. The van der Waals surface area contributed by atoms with Crippen molar-refractivity contribution >= 4 is 17.5 Å². The molecule has 8 nitrogen and oxygen atoms in total. The molecular formula is C27H29FN4O4. The number of nitrogens with zero attached hydrogens (tertiary/aromatic N) is 2. The number of aryl methyl sites for hydroxylation is 2. The van der Waals surface area contributed by atoms with Gasteiger partial charge in [-0.25, -0.2) is 4.39 Å². The molecule has 2 heterocycles. The van der Waals surface area contributed by atoms with Crippen LogP contribution in [0.15, 0.2) is 60.3 Å². The van der Waals surface area contributed by atoms with Gasteiger partial charge in [0.1, 0.15) is 5.82 Å². The molecule has 0 saturated heterocycles. The molecule has 0 saturated carbocycles. The average Bonchev–Trinajstić information content (AvgIpc) is 3.20. The largest absolute Gasteiger partial charge is 0.389 e. The zero-order valence-electron chi connectivity index (χ0n) is 20.4. The third-order valence-electron chi connectivity index (χ3n) is 6.17. The lowest BCUT2D eigenvalue weighted by molar-refractivity contribution is -0.121. The summed E-state index contributed by atoms with van der Waals surface area (Å²) in [4.78, 5) is 25.3. The summed E-state index contributed by atoms with van der Waals surface area (Å²) in [5.74, 6) is -1.60. The highest BCUT2D eigenvalue weighted by molar-refractivity contribution is 6.07. The Morgan fingerprint density at radius 3 is 2.83 bits per heavy atom. The van der Waals surface area contributed by atoms with Gasteiger partial charge in [-0.2, -0.15) is 5.10 Å². The van der Waals surface area contributed by atoms with Crippen LogP contribution >= 0.6 is 0 Å². The van der Waals surface area contributed by atoms with Gasteiger partial charge in [0.2, 0.25) is 5.91 Å². The lowest BCUT2D eigenvalue weighted by Crippen LogP contribution is -2.32. The molecule has 0 bridgehead atoms. The van der Waals surface area contributed by atoms with Gasteiger partial charge < -0.3 is 20.5 Å². The number of aromatic nitrogens is 2. The maximum absolute atomic E-state index is 13.8. The highest BCUT2D eigenvalue weighted by atomic mass is 19.1. The summed E-state index contributed by atoms with van der Waals surface area (Å²) in [6.07, 6.45) is 0.768. The first-order valence-corrected chi connectivity index (χ1v) is 11.6. The van der Waals surface area contributed by atoms with Crippen molar-refractivity contribution in [2.75, 3.05) is 19.0 Å². The molecule has 188 valence electrons. The number of hydrogen-bond donors (Lipinski definition) is 3. The Morgan fingerprint density at radius 2 is 2.08 bits per heavy atom. The van der Waals surface area contributed by atoms with Crippen molar-refractivity contribution in [3.63, 3.8) is 0 Å². The molecular weight excluding hydrogens is 463 g/mol. The molecule has 36 heavy (non-hydrogen) atoms. The summed E-state index contributed by atoms with van der Waals surface area (Å²) in [6, 6.07) is 13.5. The smallest absolute Gasteiger partial charge is 0.253 e. The van der Waals surface area contributed by atoms with Crippen LogP contribution < -0.4 is 10.6 Å². The molecule has 2 aromatic carbocycles. The number of aliphatic hydroxyl groups excluding tert-OH is 1. The third kappa shape index (κ3) is 5.69. The van der Waals surface area contributed by atoms with E-state index < -0.39 is 17.8 Å². The monoisotopic (exact) mass is 492 g/mol. The summed E-state index contributed by atoms with van der Waals surface area (Å²) >= 11 is 0. The standard InChI is InChI=1S/C27H29FN4O4/c1-16-7-8-19(25-9-17(2)32(31-25)14-21(33)15-36-3)11-24(16)30-27(35)23-13-29-26(34)12-22(23)18-5-4-6-20(28)10-18/h4-11,13,21-22,33H,12,14-15H2,1-3H3,(H,29,34)(H,30,35)/t21-,22-/m0/s1. The van der Waals surface area contributed by atoms with E-state index in [9.17, 15) is 19.1 Å². The van der Waals surface area contributed by atoms with Gasteiger partial charge in [0.05, 0.1) is 24.9 Å². The second-order valence-electron chi connectivity index (χ2n) is 8.92. The number of carbonyl (C=O) groups is 2. The number of rotatable bonds is 8. The van der Waals surface area contributed by atoms with Crippen molar-refractivity contribution in [3.8, 4) is 11.3 Å². The first-order valence-electron chi connectivity index (χ1n) is 11.6. The Labute approximate surface area is 208 Å². The second kappa shape index (κ2) is 10.8. The van der Waals surface area contributed by atoms with E-state index >= 15 is 0 Å². The van der Waals surface area contributed by atoms with Crippen LogP contribution in [-0.2, 0) is 20.9 Å². The van der Waals surface area contributed by atoms with E-state index in [0.717, 1.165) is 16.8 Å². The molecule has 1 aliphatic rings. The number of aliphatic hydroxyl groups is 1. The van der Waals surface area contributed by atoms with Crippen molar-refractivity contribution in [2.45, 2.75) is 38.8 Å². The predicted octanol–water partition coefficient (Wildman–Crippen LogP) is 3.44. The number of anilines is 1. The molecule has 3 N–H and O–H groups in total. The van der Waals surface area contributed by atoms with Crippen molar-refractivity contribution in [1.29, 1.82) is 0 Å². The Balaban J connectivity index is 1.58. The molecule has 4 rings (SSSR count). The minimum absolute atomic E-state index is 0.0490. The van der Waals surface area contributed by atoms with Crippen LogP contribution in [-0.4, -0.2) is 46.5 Å². The maximum atomic E-state index is 13.8. The zero-order valence-corrected chi connectivity index (χ0v) is 20.4. The van der Waals surface area contributed by atoms with Crippen LogP contribution in [0.1, 0.15) is 29.2 Å². The minimum Gasteiger partial charge on any atom is -0.389 e. The number of methoxy groups -OCH3 is 1. The SMILES string of the molecule is COC[C@@H](O)Cn1nc(-c2ccc(C)c(NC(=O)C3=CNC(=O)C[C@H]3c3cccc(F)c3)c2)cc1C. The highest BCUT2D eigenvalue weighted by Gasteiger charge is 2.29. The fourth-order valence-electron chi connectivity index (χ4n) is 4.25. The fraction of sp³-hybridized carbons (Fsp3) is 0.296. The van der Waals surface area contributed by atoms with Crippen LogP contribution in [0, 0.1) is 19.7 Å². The van der Waals surface area contributed by atoms with Crippen LogP contribution in [0.3, 0.4) is 0 Å². The van der Waals surface area contributed by atoms with Crippen LogP contribution in [0.4, 0.5) is 10.1 Å². The van der Waals surface area contributed by atoms with Gasteiger partial charge in [0.25, 0.3) is 5.91 Å². The van der Waals surface area contributed by atoms with E-state index in [0.29, 0.717) is 29.1 Å². The molecule has 2 atom stereocenters. The first-order chi connectivity index (χ1) is 17.2. The van der Waals surface area contributed by atoms with E-state index in [1.54, 1.807) is 16.8 Å². The Bertz CT molecular complexity index is 1320. The van der Waals surface area contributed by atoms with E-state index in [4.69, 9.17) is 4.74 Å². The van der Waals surface area contributed by atoms with E-state index in [-0.39, 0.29) is 24.8 Å². The van der Waals surface area contributed by atoms with Gasteiger partial charge in [-0.1, -0.05) is 24.3 Å². The average molecular weight is 493 g/mol. The van der Waals surface area contributed by atoms with Gasteiger partial charge in [0.15, 0.2) is 0 Å². The summed E-state index contributed by atoms with van der Waals surface area (Å²) in [6.45, 7) is 4.30. The molecule has 0 unspecified atom stereocenters. The van der Waals surface area contributed by atoms with Gasteiger partial charge in [-0.15, -0.1) is 0 Å². The lowest BCUT2D eigenvalue weighted by Gasteiger charge is -2.24. The topological polar surface area (TPSA) is 105 Å². The molecule has 0 fully saturated rings. The van der Waals surface area contributed by atoms with Gasteiger partial charge in [0, 0.05) is 48.2 Å². The quantitative estimate of drug-likeness (QED) is 0.447. The predicted molar refractivity (Wildman–Crippen MR) is 134 cm³/mol. The fourth-order valence-corrected chi connectivity index (χ4v) is 4.25. The van der Waals surface area contributed by atoms with Crippen LogP contribution in [0.25, 0.3) is 11.3 Å². The zero-order chi connectivity index (χ0) is 25.8. The molecule has 1 aliphatic heterocycles. The van der Waals surface area contributed by atoms with Crippen molar-refractivity contribution in [3.05, 3.63) is 82.9 Å². The molecule has 1 aromatic heterocycles. The number of ether oxygens (including phenoxy) is 1. The number of benzene rings is 2. The lowest BCUT2D eigenvalue weighted by atomic mass is 9.86. The Hall–Kier alpha value is -3.82. The second-order valence-corrected chi connectivity index (χ2v) is 8.92. The summed E-state index contributed by atoms with van der Waals surface area (Å²) in [5, 5.41) is 20.2. The van der Waals surface area contributed by atoms with Crippen LogP contribution in [0.5, 0.6) is 0 Å². The molecule has 9 heteroatoms. The Kier molecular flexibility index (Phi) is 7.61. The summed E-state index contributed by atoms with van der Waals surface area (Å²) in [7, 11) is 1.53. The molecule has 3 aromatic rings. The Morgan fingerprint density at radius 1 is 1.28 bits per heavy atom. The number of carbonyl (C=O) groups excluding carboxylic acids is 2. The first kappa shape index (κ1) is 25.3. The van der Waals surface area contributed by atoms with Gasteiger partial charge in [-0.05, 0) is 49.2 Å². The number of amides is 2. The van der Waals surface area contributed by atoms with Crippen molar-refractivity contribution in [2.24, 2.45) is 0 Å². The minimum atomic E-state index is -0.676. The van der Waals surface area contributed by atoms with E-state index in [1.807, 2.05) is 38.1 Å². The highest BCUT2D eigenvalue weighted by Crippen LogP contribution is 2.32. The summed E-state index contributed by atoms with van der Waals surface area (Å²) in [5.41, 5.74) is 4.74. The third-order valence-corrected chi connectivity index (χ3v) is 6.17.